The molecule has 0 fully saturated rings. The van der Waals surface area contributed by atoms with E-state index in [2.05, 4.69) is 0 Å². The molecule has 0 bridgehead atoms. The molecule has 0 aromatic heterocycles. The van der Waals surface area contributed by atoms with E-state index in [-0.39, 0.29) is 11.9 Å². The summed E-state index contributed by atoms with van der Waals surface area (Å²) in [5.41, 5.74) is 0. The summed E-state index contributed by atoms with van der Waals surface area (Å²) in [5, 5.41) is 0. The van der Waals surface area contributed by atoms with Gasteiger partial charge in [0.15, 0.2) is 0 Å². The molecule has 0 amide bonds. The second-order valence-electron chi connectivity index (χ2n) is 3.66. The summed E-state index contributed by atoms with van der Waals surface area (Å²) in [6.07, 6.45) is 6.27. The molecule has 0 aliphatic carbocycles. The van der Waals surface area contributed by atoms with E-state index in [1.165, 1.54) is 0 Å². The maximum Gasteiger partial charge on any atom is 0.308 e. The minimum absolute atomic E-state index is 0.0428. The van der Waals surface area contributed by atoms with Crippen LogP contribution in [0.3, 0.4) is 0 Å². The zero-order chi connectivity index (χ0) is 11.5. The van der Waals surface area contributed by atoms with E-state index >= 15 is 0 Å². The molecule has 15 heavy (non-hydrogen) atoms. The van der Waals surface area contributed by atoms with Gasteiger partial charge in [-0.1, -0.05) is 19.8 Å². The molecule has 0 aromatic rings. The Kier molecular flexibility index (Phi) is 9.13. The van der Waals surface area contributed by atoms with Crippen LogP contribution in [0.5, 0.6) is 0 Å². The molecule has 0 rings (SSSR count). The van der Waals surface area contributed by atoms with E-state index in [9.17, 15) is 9.59 Å². The van der Waals surface area contributed by atoms with Crippen LogP contribution in [-0.4, -0.2) is 18.9 Å². The Labute approximate surface area is 92.2 Å². The number of rotatable bonds is 9. The van der Waals surface area contributed by atoms with Gasteiger partial charge in [0.05, 0.1) is 12.5 Å². The number of aldehydes is 1. The van der Waals surface area contributed by atoms with Gasteiger partial charge < -0.3 is 9.53 Å². The molecule has 1 atom stereocenters. The third-order valence-electron chi connectivity index (χ3n) is 2.49. The van der Waals surface area contributed by atoms with Crippen molar-refractivity contribution in [1.29, 1.82) is 0 Å². The molecule has 3 nitrogen and oxygen atoms in total. The fraction of sp³-hybridized carbons (Fsp3) is 0.833. The van der Waals surface area contributed by atoms with Gasteiger partial charge in [-0.3, -0.25) is 4.79 Å². The molecule has 0 saturated heterocycles. The van der Waals surface area contributed by atoms with Crippen molar-refractivity contribution in [1.82, 2.24) is 0 Å². The summed E-state index contributed by atoms with van der Waals surface area (Å²) in [4.78, 5) is 21.5. The fourth-order valence-electron chi connectivity index (χ4n) is 1.54. The second-order valence-corrected chi connectivity index (χ2v) is 3.66. The van der Waals surface area contributed by atoms with Gasteiger partial charge in [-0.05, 0) is 26.2 Å². The van der Waals surface area contributed by atoms with E-state index in [4.69, 9.17) is 4.74 Å². The first-order chi connectivity index (χ1) is 7.26. The zero-order valence-corrected chi connectivity index (χ0v) is 9.83. The summed E-state index contributed by atoms with van der Waals surface area (Å²) in [6.45, 7) is 4.29. The number of hydrogen-bond acceptors (Lipinski definition) is 3. The van der Waals surface area contributed by atoms with Crippen molar-refractivity contribution in [3.63, 3.8) is 0 Å². The van der Waals surface area contributed by atoms with Gasteiger partial charge in [0.1, 0.15) is 6.29 Å². The summed E-state index contributed by atoms with van der Waals surface area (Å²) < 4.78 is 4.98. The molecule has 88 valence electrons. The summed E-state index contributed by atoms with van der Waals surface area (Å²) in [7, 11) is 0. The SMILES string of the molecule is CCOC(=O)C(CC)CCCCCC=O. The standard InChI is InChI=1S/C12H22O3/c1-3-11(12(14)15-4-2)9-7-5-6-8-10-13/h10-11H,3-9H2,1-2H3. The zero-order valence-electron chi connectivity index (χ0n) is 9.83. The van der Waals surface area contributed by atoms with Crippen molar-refractivity contribution in [2.75, 3.05) is 6.61 Å². The van der Waals surface area contributed by atoms with Gasteiger partial charge in [-0.2, -0.15) is 0 Å². The van der Waals surface area contributed by atoms with Crippen LogP contribution in [0.15, 0.2) is 0 Å². The summed E-state index contributed by atoms with van der Waals surface area (Å²) in [5.74, 6) is -0.0310. The highest BCUT2D eigenvalue weighted by Crippen LogP contribution is 2.15. The number of unbranched alkanes of at least 4 members (excludes halogenated alkanes) is 3. The highest BCUT2D eigenvalue weighted by molar-refractivity contribution is 5.72. The lowest BCUT2D eigenvalue weighted by Crippen LogP contribution is -2.16. The average molecular weight is 214 g/mol. The van der Waals surface area contributed by atoms with Crippen LogP contribution < -0.4 is 0 Å². The van der Waals surface area contributed by atoms with E-state index in [1.807, 2.05) is 13.8 Å². The molecule has 0 aliphatic rings. The molecule has 0 spiro atoms. The minimum atomic E-state index is -0.0737. The fourth-order valence-corrected chi connectivity index (χ4v) is 1.54. The van der Waals surface area contributed by atoms with Crippen molar-refractivity contribution in [3.8, 4) is 0 Å². The number of hydrogen-bond donors (Lipinski definition) is 0. The average Bonchev–Trinajstić information content (AvgIpc) is 2.23. The van der Waals surface area contributed by atoms with Crippen LogP contribution in [0.1, 0.15) is 52.4 Å². The van der Waals surface area contributed by atoms with E-state index in [0.29, 0.717) is 13.0 Å². The van der Waals surface area contributed by atoms with Gasteiger partial charge in [0.2, 0.25) is 0 Å². The molecular formula is C12H22O3. The highest BCUT2D eigenvalue weighted by Gasteiger charge is 2.16. The molecule has 0 aliphatic heterocycles. The summed E-state index contributed by atoms with van der Waals surface area (Å²) in [6, 6.07) is 0. The molecule has 0 N–H and O–H groups in total. The predicted octanol–water partition coefficient (Wildman–Crippen LogP) is 2.73. The maximum atomic E-state index is 11.4. The Morgan fingerprint density at radius 3 is 2.53 bits per heavy atom. The predicted molar refractivity (Wildman–Crippen MR) is 59.6 cm³/mol. The Hall–Kier alpha value is -0.860. The molecule has 0 aromatic carbocycles. The van der Waals surface area contributed by atoms with Gasteiger partial charge in [-0.15, -0.1) is 0 Å². The van der Waals surface area contributed by atoms with Crippen LogP contribution in [0.2, 0.25) is 0 Å². The topological polar surface area (TPSA) is 43.4 Å². The third-order valence-corrected chi connectivity index (χ3v) is 2.49. The summed E-state index contributed by atoms with van der Waals surface area (Å²) >= 11 is 0. The van der Waals surface area contributed by atoms with Crippen molar-refractivity contribution in [3.05, 3.63) is 0 Å². The Morgan fingerprint density at radius 2 is 2.00 bits per heavy atom. The first-order valence-corrected chi connectivity index (χ1v) is 5.86. The number of carbonyl (C=O) groups excluding carboxylic acids is 2. The van der Waals surface area contributed by atoms with Crippen LogP contribution in [0.25, 0.3) is 0 Å². The largest absolute Gasteiger partial charge is 0.466 e. The van der Waals surface area contributed by atoms with Crippen LogP contribution >= 0.6 is 0 Å². The Bertz CT molecular complexity index is 178. The lowest BCUT2D eigenvalue weighted by Gasteiger charge is -2.12. The highest BCUT2D eigenvalue weighted by atomic mass is 16.5. The van der Waals surface area contributed by atoms with Crippen molar-refractivity contribution < 1.29 is 14.3 Å². The molecule has 1 unspecified atom stereocenters. The molecule has 0 radical (unpaired) electrons. The molecule has 0 saturated carbocycles. The Balaban J connectivity index is 3.60. The van der Waals surface area contributed by atoms with Crippen LogP contribution in [0.4, 0.5) is 0 Å². The maximum absolute atomic E-state index is 11.4. The smallest absolute Gasteiger partial charge is 0.308 e. The van der Waals surface area contributed by atoms with Gasteiger partial charge in [-0.25, -0.2) is 0 Å². The molecular weight excluding hydrogens is 192 g/mol. The number of ether oxygens (including phenoxy) is 1. The first-order valence-electron chi connectivity index (χ1n) is 5.86. The minimum Gasteiger partial charge on any atom is -0.466 e. The van der Waals surface area contributed by atoms with Crippen molar-refractivity contribution in [2.45, 2.75) is 52.4 Å². The Morgan fingerprint density at radius 1 is 1.27 bits per heavy atom. The third kappa shape index (κ3) is 7.11. The lowest BCUT2D eigenvalue weighted by atomic mass is 9.98. The van der Waals surface area contributed by atoms with Crippen LogP contribution in [-0.2, 0) is 14.3 Å². The number of esters is 1. The normalized spacial score (nSPS) is 12.1. The molecule has 0 heterocycles. The van der Waals surface area contributed by atoms with Gasteiger partial charge in [0, 0.05) is 6.42 Å². The lowest BCUT2D eigenvalue weighted by molar-refractivity contribution is -0.148. The quantitative estimate of drug-likeness (QED) is 0.337. The second kappa shape index (κ2) is 9.69. The van der Waals surface area contributed by atoms with Gasteiger partial charge in [0.25, 0.3) is 0 Å². The van der Waals surface area contributed by atoms with Crippen LogP contribution in [0, 0.1) is 5.92 Å². The van der Waals surface area contributed by atoms with E-state index in [0.717, 1.165) is 38.4 Å². The first kappa shape index (κ1) is 14.1. The van der Waals surface area contributed by atoms with Crippen molar-refractivity contribution >= 4 is 12.3 Å². The van der Waals surface area contributed by atoms with Crippen molar-refractivity contribution in [2.24, 2.45) is 5.92 Å². The monoisotopic (exact) mass is 214 g/mol. The molecule has 3 heteroatoms. The number of carbonyl (C=O) groups is 2. The van der Waals surface area contributed by atoms with E-state index in [1.54, 1.807) is 0 Å². The van der Waals surface area contributed by atoms with Gasteiger partial charge >= 0.3 is 5.97 Å². The van der Waals surface area contributed by atoms with E-state index < -0.39 is 0 Å².